The summed E-state index contributed by atoms with van der Waals surface area (Å²) in [5, 5.41) is 39.6. The number of ether oxygens (including phenoxy) is 1. The highest BCUT2D eigenvalue weighted by Gasteiger charge is 2.20. The molecular weight excluding hydrogens is 388 g/mol. The van der Waals surface area contributed by atoms with E-state index in [1.807, 2.05) is 31.2 Å². The number of phenolic OH excluding ortho intramolecular Hbond substituents is 3. The summed E-state index contributed by atoms with van der Waals surface area (Å²) < 4.78 is 11.4. The predicted octanol–water partition coefficient (Wildman–Crippen LogP) is 4.17. The Morgan fingerprint density at radius 3 is 2.30 bits per heavy atom. The van der Waals surface area contributed by atoms with Gasteiger partial charge in [0.05, 0.1) is 0 Å². The predicted molar refractivity (Wildman–Crippen MR) is 110 cm³/mol. The van der Waals surface area contributed by atoms with Gasteiger partial charge in [0.2, 0.25) is 11.2 Å². The molecule has 0 aliphatic heterocycles. The largest absolute Gasteiger partial charge is 0.507 e. The number of hydrogen-bond donors (Lipinski definition) is 4. The van der Waals surface area contributed by atoms with Crippen molar-refractivity contribution in [2.75, 3.05) is 0 Å². The Kier molecular flexibility index (Phi) is 4.71. The molecule has 0 saturated carbocycles. The second-order valence-corrected chi connectivity index (χ2v) is 6.90. The van der Waals surface area contributed by atoms with Crippen LogP contribution < -0.4 is 10.2 Å². The summed E-state index contributed by atoms with van der Waals surface area (Å²) in [4.78, 5) is 12.6. The van der Waals surface area contributed by atoms with Crippen LogP contribution in [0.15, 0.2) is 63.8 Å². The van der Waals surface area contributed by atoms with Gasteiger partial charge in [0.1, 0.15) is 29.1 Å². The third-order valence-corrected chi connectivity index (χ3v) is 4.69. The zero-order valence-electron chi connectivity index (χ0n) is 15.9. The summed E-state index contributed by atoms with van der Waals surface area (Å²) in [5.41, 5.74) is 1.39. The van der Waals surface area contributed by atoms with Crippen LogP contribution in [0.3, 0.4) is 0 Å². The van der Waals surface area contributed by atoms with E-state index in [2.05, 4.69) is 0 Å². The van der Waals surface area contributed by atoms with Gasteiger partial charge >= 0.3 is 0 Å². The summed E-state index contributed by atoms with van der Waals surface area (Å²) in [7, 11) is 0. The molecule has 0 bridgehead atoms. The van der Waals surface area contributed by atoms with Crippen LogP contribution in [0.2, 0.25) is 0 Å². The van der Waals surface area contributed by atoms with E-state index < -0.39 is 22.7 Å². The van der Waals surface area contributed by atoms with Crippen molar-refractivity contribution in [3.05, 3.63) is 75.9 Å². The van der Waals surface area contributed by atoms with Crippen molar-refractivity contribution in [2.24, 2.45) is 0 Å². The van der Waals surface area contributed by atoms with Crippen LogP contribution in [0.4, 0.5) is 0 Å². The van der Waals surface area contributed by atoms with Crippen molar-refractivity contribution >= 4 is 11.0 Å². The molecule has 30 heavy (non-hydrogen) atoms. The molecule has 0 aliphatic carbocycles. The second-order valence-electron chi connectivity index (χ2n) is 6.90. The Labute approximate surface area is 170 Å². The zero-order valence-corrected chi connectivity index (χ0v) is 15.9. The van der Waals surface area contributed by atoms with Gasteiger partial charge in [0.15, 0.2) is 17.3 Å². The molecule has 0 atom stereocenters. The Morgan fingerprint density at radius 2 is 1.60 bits per heavy atom. The minimum atomic E-state index is -0.832. The normalized spacial score (nSPS) is 11.0. The number of fused-ring (bicyclic) bond motifs is 1. The Bertz CT molecular complexity index is 1300. The first kappa shape index (κ1) is 19.2. The summed E-state index contributed by atoms with van der Waals surface area (Å²) >= 11 is 0. The molecule has 3 aromatic carbocycles. The highest BCUT2D eigenvalue weighted by Crippen LogP contribution is 2.38. The standard InChI is InChI=1S/C23H18O7/c1-12-2-4-13(5-3-12)11-29-15-9-18(26)20-19(10-15)30-23(22(28)21(20)27)14-6-7-16(24)17(25)8-14/h2-10,24-26,28H,11H2,1H3. The van der Waals surface area contributed by atoms with E-state index in [0.29, 0.717) is 0 Å². The smallest absolute Gasteiger partial charge is 0.238 e. The average molecular weight is 406 g/mol. The number of benzene rings is 3. The molecule has 0 saturated heterocycles. The van der Waals surface area contributed by atoms with Gasteiger partial charge in [0.25, 0.3) is 0 Å². The van der Waals surface area contributed by atoms with E-state index in [4.69, 9.17) is 9.15 Å². The molecule has 0 amide bonds. The molecule has 1 aromatic heterocycles. The number of aryl methyl sites for hydroxylation is 1. The van der Waals surface area contributed by atoms with Crippen LogP contribution in [0, 0.1) is 6.92 Å². The zero-order chi connectivity index (χ0) is 21.4. The quantitative estimate of drug-likeness (QED) is 0.375. The second kappa shape index (κ2) is 7.36. The van der Waals surface area contributed by atoms with Crippen molar-refractivity contribution in [2.45, 2.75) is 13.5 Å². The lowest BCUT2D eigenvalue weighted by Gasteiger charge is -2.11. The maximum atomic E-state index is 12.6. The van der Waals surface area contributed by atoms with E-state index in [9.17, 15) is 25.2 Å². The summed E-state index contributed by atoms with van der Waals surface area (Å²) in [6.45, 7) is 2.22. The van der Waals surface area contributed by atoms with Gasteiger partial charge in [0, 0.05) is 17.7 Å². The Balaban J connectivity index is 1.77. The molecular formula is C23H18O7. The molecule has 0 unspecified atom stereocenters. The van der Waals surface area contributed by atoms with E-state index >= 15 is 0 Å². The molecule has 4 rings (SSSR count). The molecule has 1 heterocycles. The van der Waals surface area contributed by atoms with Gasteiger partial charge in [-0.3, -0.25) is 4.79 Å². The van der Waals surface area contributed by atoms with Gasteiger partial charge in [-0.1, -0.05) is 29.8 Å². The van der Waals surface area contributed by atoms with Crippen molar-refractivity contribution in [1.82, 2.24) is 0 Å². The lowest BCUT2D eigenvalue weighted by Crippen LogP contribution is -2.04. The third-order valence-electron chi connectivity index (χ3n) is 4.69. The first-order valence-corrected chi connectivity index (χ1v) is 9.07. The van der Waals surface area contributed by atoms with Gasteiger partial charge in [-0.05, 0) is 30.7 Å². The molecule has 0 spiro atoms. The van der Waals surface area contributed by atoms with E-state index in [-0.39, 0.29) is 40.4 Å². The van der Waals surface area contributed by atoms with E-state index in [0.717, 1.165) is 17.2 Å². The van der Waals surface area contributed by atoms with Gasteiger partial charge < -0.3 is 29.6 Å². The SMILES string of the molecule is Cc1ccc(COc2cc(O)c3c(=O)c(O)c(-c4ccc(O)c(O)c4)oc3c2)cc1. The number of aromatic hydroxyl groups is 4. The number of rotatable bonds is 4. The van der Waals surface area contributed by atoms with Crippen LogP contribution in [0.25, 0.3) is 22.3 Å². The van der Waals surface area contributed by atoms with Crippen molar-refractivity contribution in [3.8, 4) is 40.1 Å². The molecule has 0 radical (unpaired) electrons. The van der Waals surface area contributed by atoms with Gasteiger partial charge in [-0.15, -0.1) is 0 Å². The molecule has 7 nitrogen and oxygen atoms in total. The molecule has 7 heteroatoms. The first-order chi connectivity index (χ1) is 14.3. The van der Waals surface area contributed by atoms with Crippen LogP contribution in [0.5, 0.6) is 28.7 Å². The summed E-state index contributed by atoms with van der Waals surface area (Å²) in [6.07, 6.45) is 0. The fourth-order valence-electron chi connectivity index (χ4n) is 3.06. The molecule has 0 fully saturated rings. The molecule has 4 aromatic rings. The number of hydrogen-bond acceptors (Lipinski definition) is 7. The van der Waals surface area contributed by atoms with Gasteiger partial charge in [-0.25, -0.2) is 0 Å². The Hall–Kier alpha value is -4.13. The highest BCUT2D eigenvalue weighted by atomic mass is 16.5. The molecule has 152 valence electrons. The minimum Gasteiger partial charge on any atom is -0.507 e. The van der Waals surface area contributed by atoms with Crippen molar-refractivity contribution in [3.63, 3.8) is 0 Å². The third kappa shape index (κ3) is 3.48. The number of phenols is 3. The lowest BCUT2D eigenvalue weighted by atomic mass is 10.1. The topological polar surface area (TPSA) is 120 Å². The first-order valence-electron chi connectivity index (χ1n) is 9.07. The molecule has 0 aliphatic rings. The van der Waals surface area contributed by atoms with Crippen LogP contribution >= 0.6 is 0 Å². The van der Waals surface area contributed by atoms with Crippen LogP contribution in [-0.2, 0) is 6.61 Å². The minimum absolute atomic E-state index is 0.000675. The fraction of sp³-hybridized carbons (Fsp3) is 0.0870. The molecule has 4 N–H and O–H groups in total. The Morgan fingerprint density at radius 1 is 0.867 bits per heavy atom. The summed E-state index contributed by atoms with van der Waals surface area (Å²) in [5.74, 6) is -1.85. The fourth-order valence-corrected chi connectivity index (χ4v) is 3.06. The van der Waals surface area contributed by atoms with E-state index in [1.165, 1.54) is 24.3 Å². The maximum absolute atomic E-state index is 12.6. The van der Waals surface area contributed by atoms with Crippen LogP contribution in [0.1, 0.15) is 11.1 Å². The monoisotopic (exact) mass is 406 g/mol. The van der Waals surface area contributed by atoms with E-state index in [1.54, 1.807) is 0 Å². The average Bonchev–Trinajstić information content (AvgIpc) is 2.72. The lowest BCUT2D eigenvalue weighted by molar-refractivity contribution is 0.304. The highest BCUT2D eigenvalue weighted by molar-refractivity contribution is 5.88. The summed E-state index contributed by atoms with van der Waals surface area (Å²) in [6, 6.07) is 14.2. The van der Waals surface area contributed by atoms with Crippen molar-refractivity contribution in [1.29, 1.82) is 0 Å². The van der Waals surface area contributed by atoms with Crippen LogP contribution in [-0.4, -0.2) is 20.4 Å². The van der Waals surface area contributed by atoms with Gasteiger partial charge in [-0.2, -0.15) is 0 Å². The maximum Gasteiger partial charge on any atom is 0.238 e. The van der Waals surface area contributed by atoms with Crippen molar-refractivity contribution < 1.29 is 29.6 Å².